The summed E-state index contributed by atoms with van der Waals surface area (Å²) >= 11 is 0. The number of benzene rings is 2. The van der Waals surface area contributed by atoms with Gasteiger partial charge in [-0.15, -0.1) is 0 Å². The van der Waals surface area contributed by atoms with Gasteiger partial charge >= 0.3 is 0 Å². The summed E-state index contributed by atoms with van der Waals surface area (Å²) in [5.74, 6) is 1.00. The number of nitrogens with zero attached hydrogens (tertiary/aromatic N) is 2. The van der Waals surface area contributed by atoms with E-state index in [1.807, 2.05) is 65.3 Å². The molecule has 162 valence electrons. The van der Waals surface area contributed by atoms with Gasteiger partial charge < -0.3 is 0 Å². The van der Waals surface area contributed by atoms with Gasteiger partial charge in [0.2, 0.25) is 10.0 Å². The lowest BCUT2D eigenvalue weighted by Crippen LogP contribution is -2.24. The zero-order valence-corrected chi connectivity index (χ0v) is 18.9. The smallest absolute Gasteiger partial charge is 0.234 e. The molecule has 0 spiro atoms. The van der Waals surface area contributed by atoms with Crippen LogP contribution in [-0.4, -0.2) is 28.2 Å². The first-order chi connectivity index (χ1) is 14.9. The Morgan fingerprint density at radius 2 is 1.81 bits per heavy atom. The van der Waals surface area contributed by atoms with Crippen LogP contribution in [0.1, 0.15) is 41.0 Å². The first-order valence-electron chi connectivity index (χ1n) is 10.1. The Labute approximate surface area is 185 Å². The van der Waals surface area contributed by atoms with Crippen molar-refractivity contribution in [3.8, 4) is 0 Å². The highest BCUT2D eigenvalue weighted by atomic mass is 32.2. The number of hydrogen-bond acceptors (Lipinski definition) is 4. The van der Waals surface area contributed by atoms with Crippen LogP contribution in [0.15, 0.2) is 66.1 Å². The van der Waals surface area contributed by atoms with Gasteiger partial charge in [0.25, 0.3) is 0 Å². The van der Waals surface area contributed by atoms with E-state index in [-0.39, 0.29) is 6.04 Å². The van der Waals surface area contributed by atoms with Crippen LogP contribution >= 0.6 is 0 Å². The van der Waals surface area contributed by atoms with Gasteiger partial charge in [0.15, 0.2) is 0 Å². The molecule has 4 rings (SSSR count). The highest BCUT2D eigenvalue weighted by molar-refractivity contribution is 7.92. The van der Waals surface area contributed by atoms with E-state index in [9.17, 15) is 12.6 Å². The third-order valence-corrected chi connectivity index (χ3v) is 7.74. The quantitative estimate of drug-likeness (QED) is 0.592. The van der Waals surface area contributed by atoms with Crippen LogP contribution in [0.4, 0.5) is 0 Å². The molecule has 1 aromatic heterocycles. The highest BCUT2D eigenvalue weighted by Crippen LogP contribution is 2.25. The van der Waals surface area contributed by atoms with E-state index < -0.39 is 20.8 Å². The second kappa shape index (κ2) is 9.30. The summed E-state index contributed by atoms with van der Waals surface area (Å²) < 4.78 is 42.0. The van der Waals surface area contributed by atoms with Crippen molar-refractivity contribution < 1.29 is 12.6 Å². The van der Waals surface area contributed by atoms with E-state index in [4.69, 9.17) is 0 Å². The van der Waals surface area contributed by atoms with Crippen molar-refractivity contribution in [3.05, 3.63) is 94.1 Å². The van der Waals surface area contributed by atoms with E-state index >= 15 is 0 Å². The summed E-state index contributed by atoms with van der Waals surface area (Å²) in [6, 6.07) is 19.0. The van der Waals surface area contributed by atoms with Crippen LogP contribution in [0.25, 0.3) is 6.08 Å². The van der Waals surface area contributed by atoms with Crippen molar-refractivity contribution in [2.45, 2.75) is 31.7 Å². The lowest BCUT2D eigenvalue weighted by Gasteiger charge is -2.14. The lowest BCUT2D eigenvalue weighted by atomic mass is 10.1. The molecule has 0 aliphatic carbocycles. The minimum atomic E-state index is -3.67. The van der Waals surface area contributed by atoms with E-state index in [0.29, 0.717) is 30.2 Å². The van der Waals surface area contributed by atoms with Crippen LogP contribution < -0.4 is 4.72 Å². The molecule has 31 heavy (non-hydrogen) atoms. The molecule has 0 amide bonds. The maximum atomic E-state index is 12.6. The van der Waals surface area contributed by atoms with E-state index in [0.717, 1.165) is 27.8 Å². The molecule has 1 aliphatic rings. The Balaban J connectivity index is 1.58. The molecule has 3 aromatic rings. The van der Waals surface area contributed by atoms with Crippen LogP contribution in [0.5, 0.6) is 0 Å². The first-order valence-corrected chi connectivity index (χ1v) is 13.2. The molecule has 2 heterocycles. The Morgan fingerprint density at radius 3 is 2.52 bits per heavy atom. The molecule has 0 saturated carbocycles. The first kappa shape index (κ1) is 21.7. The standard InChI is InChI=1S/C23H25N3O3S2/c1-18(20-10-6-3-7-11-20)25-31(28,29)15-13-22-21-17-30(27)14-12-23(21)26(24-22)16-19-8-4-2-5-9-19/h2-11,13,15,18,25H,12,14,16-17H2,1H3/b15-13+/t18-,30?/m1/s1. The highest BCUT2D eigenvalue weighted by Gasteiger charge is 2.24. The summed E-state index contributed by atoms with van der Waals surface area (Å²) in [6.45, 7) is 2.40. The predicted octanol–water partition coefficient (Wildman–Crippen LogP) is 3.39. The topological polar surface area (TPSA) is 81.1 Å². The average Bonchev–Trinajstić information content (AvgIpc) is 3.10. The number of fused-ring (bicyclic) bond motifs is 1. The molecule has 2 aromatic carbocycles. The third kappa shape index (κ3) is 5.39. The van der Waals surface area contributed by atoms with Crippen LogP contribution in [0, 0.1) is 0 Å². The molecule has 2 atom stereocenters. The van der Waals surface area contributed by atoms with Crippen molar-refractivity contribution >= 4 is 26.9 Å². The van der Waals surface area contributed by atoms with E-state index in [1.165, 1.54) is 6.08 Å². The Morgan fingerprint density at radius 1 is 1.13 bits per heavy atom. The maximum Gasteiger partial charge on any atom is 0.234 e. The number of nitrogens with one attached hydrogen (secondary N) is 1. The van der Waals surface area contributed by atoms with Crippen molar-refractivity contribution in [1.82, 2.24) is 14.5 Å². The molecule has 0 saturated heterocycles. The van der Waals surface area contributed by atoms with Crippen molar-refractivity contribution in [2.75, 3.05) is 5.75 Å². The summed E-state index contributed by atoms with van der Waals surface area (Å²) in [4.78, 5) is 0. The molecule has 0 fully saturated rings. The molecule has 6 nitrogen and oxygen atoms in total. The normalized spacial score (nSPS) is 17.5. The second-order valence-corrected chi connectivity index (χ2v) is 10.8. The summed E-state index contributed by atoms with van der Waals surface area (Å²) in [6.07, 6.45) is 2.19. The molecule has 0 bridgehead atoms. The van der Waals surface area contributed by atoms with E-state index in [2.05, 4.69) is 9.82 Å². The van der Waals surface area contributed by atoms with Gasteiger partial charge in [0.05, 0.1) is 18.0 Å². The van der Waals surface area contributed by atoms with E-state index in [1.54, 1.807) is 6.92 Å². The van der Waals surface area contributed by atoms with Crippen molar-refractivity contribution in [3.63, 3.8) is 0 Å². The van der Waals surface area contributed by atoms with Gasteiger partial charge in [-0.1, -0.05) is 60.7 Å². The maximum absolute atomic E-state index is 12.6. The lowest BCUT2D eigenvalue weighted by molar-refractivity contribution is 0.576. The van der Waals surface area contributed by atoms with Crippen LogP contribution in [0.2, 0.25) is 0 Å². The van der Waals surface area contributed by atoms with Crippen LogP contribution in [0.3, 0.4) is 0 Å². The molecule has 0 radical (unpaired) electrons. The fourth-order valence-corrected chi connectivity index (χ4v) is 5.92. The molecular formula is C23H25N3O3S2. The summed E-state index contributed by atoms with van der Waals surface area (Å²) in [5, 5.41) is 5.82. The fourth-order valence-electron chi connectivity index (χ4n) is 3.71. The fraction of sp³-hybridized carbons (Fsp3) is 0.261. The number of sulfonamides is 1. The zero-order chi connectivity index (χ0) is 21.8. The molecule has 1 N–H and O–H groups in total. The molecule has 1 aliphatic heterocycles. The number of hydrogen-bond donors (Lipinski definition) is 1. The second-order valence-electron chi connectivity index (χ2n) is 7.59. The largest absolute Gasteiger partial charge is 0.264 e. The Hall–Kier alpha value is -2.55. The summed E-state index contributed by atoms with van der Waals surface area (Å²) in [7, 11) is -4.63. The van der Waals surface area contributed by atoms with Crippen molar-refractivity contribution in [2.24, 2.45) is 0 Å². The van der Waals surface area contributed by atoms with Gasteiger partial charge in [-0.25, -0.2) is 13.1 Å². The zero-order valence-electron chi connectivity index (χ0n) is 17.3. The average molecular weight is 456 g/mol. The van der Waals surface area contributed by atoms with Gasteiger partial charge in [0, 0.05) is 45.7 Å². The van der Waals surface area contributed by atoms with Gasteiger partial charge in [-0.3, -0.25) is 8.89 Å². The summed E-state index contributed by atoms with van der Waals surface area (Å²) in [5.41, 5.74) is 4.48. The molecule has 8 heteroatoms. The van der Waals surface area contributed by atoms with Gasteiger partial charge in [-0.05, 0) is 24.1 Å². The SMILES string of the molecule is C[C@@H](NS(=O)(=O)/C=C/c1nn(Cc2ccccc2)c2c1CS(=O)CC2)c1ccccc1. The third-order valence-electron chi connectivity index (χ3n) is 5.29. The predicted molar refractivity (Wildman–Crippen MR) is 124 cm³/mol. The molecular weight excluding hydrogens is 430 g/mol. The molecule has 1 unspecified atom stereocenters. The van der Waals surface area contributed by atoms with Gasteiger partial charge in [-0.2, -0.15) is 5.10 Å². The minimum Gasteiger partial charge on any atom is -0.264 e. The minimum absolute atomic E-state index is 0.354. The van der Waals surface area contributed by atoms with Crippen molar-refractivity contribution in [1.29, 1.82) is 0 Å². The number of rotatable bonds is 7. The van der Waals surface area contributed by atoms with Crippen LogP contribution in [-0.2, 0) is 39.5 Å². The monoisotopic (exact) mass is 455 g/mol. The Kier molecular flexibility index (Phi) is 6.50. The Bertz CT molecular complexity index is 1200. The van der Waals surface area contributed by atoms with Gasteiger partial charge in [0.1, 0.15) is 0 Å². The number of aromatic nitrogens is 2.